The Kier molecular flexibility index (Phi) is 6.31. The number of ether oxygens (including phenoxy) is 1. The second-order valence-corrected chi connectivity index (χ2v) is 13.3. The highest BCUT2D eigenvalue weighted by molar-refractivity contribution is 6.88. The number of oxime groups is 1. The lowest BCUT2D eigenvalue weighted by Crippen LogP contribution is -2.37. The third kappa shape index (κ3) is 4.57. The van der Waals surface area contributed by atoms with Crippen molar-refractivity contribution in [2.75, 3.05) is 7.11 Å². The summed E-state index contributed by atoms with van der Waals surface area (Å²) in [5, 5.41) is 5.69. The van der Waals surface area contributed by atoms with Gasteiger partial charge in [-0.05, 0) is 12.5 Å². The Morgan fingerprint density at radius 3 is 2.57 bits per heavy atom. The molecule has 0 saturated heterocycles. The zero-order chi connectivity index (χ0) is 21.9. The predicted octanol–water partition coefficient (Wildman–Crippen LogP) is 4.14. The second-order valence-electron chi connectivity index (χ2n) is 8.20. The van der Waals surface area contributed by atoms with Gasteiger partial charge in [-0.1, -0.05) is 78.5 Å². The summed E-state index contributed by atoms with van der Waals surface area (Å²) in [6, 6.07) is 16.0. The van der Waals surface area contributed by atoms with E-state index >= 15 is 0 Å². The molecule has 158 valence electrons. The van der Waals surface area contributed by atoms with E-state index in [1.807, 2.05) is 37.3 Å². The number of methoxy groups -OCH3 is 1. The van der Waals surface area contributed by atoms with Crippen LogP contribution in [0.4, 0.5) is 0 Å². The summed E-state index contributed by atoms with van der Waals surface area (Å²) >= 11 is 0. The number of nitrogens with zero attached hydrogens (tertiary/aromatic N) is 2. The minimum absolute atomic E-state index is 0.179. The Balaban J connectivity index is 1.84. The van der Waals surface area contributed by atoms with E-state index in [2.05, 4.69) is 43.0 Å². The van der Waals surface area contributed by atoms with E-state index in [4.69, 9.17) is 14.1 Å². The molecule has 0 spiro atoms. The summed E-state index contributed by atoms with van der Waals surface area (Å²) in [4.78, 5) is 18.2. The van der Waals surface area contributed by atoms with Gasteiger partial charge in [0.25, 0.3) is 5.56 Å². The van der Waals surface area contributed by atoms with E-state index in [0.717, 1.165) is 21.6 Å². The highest BCUT2D eigenvalue weighted by Gasteiger charge is 2.21. The molecule has 0 aliphatic rings. The summed E-state index contributed by atoms with van der Waals surface area (Å²) in [5.41, 5.74) is 3.50. The van der Waals surface area contributed by atoms with Gasteiger partial charge in [0, 0.05) is 18.2 Å². The van der Waals surface area contributed by atoms with E-state index < -0.39 is 8.07 Å². The van der Waals surface area contributed by atoms with E-state index in [1.54, 1.807) is 7.05 Å². The lowest BCUT2D eigenvalue weighted by Gasteiger charge is -2.17. The topological polar surface area (TPSA) is 66.0 Å². The summed E-state index contributed by atoms with van der Waals surface area (Å²) < 4.78 is 11.8. The van der Waals surface area contributed by atoms with Crippen LogP contribution >= 0.6 is 0 Å². The van der Waals surface area contributed by atoms with E-state index in [0.29, 0.717) is 11.1 Å². The largest absolute Gasteiger partial charge is 0.467 e. The molecule has 0 aliphatic heterocycles. The zero-order valence-electron chi connectivity index (χ0n) is 18.4. The molecule has 2 aromatic carbocycles. The van der Waals surface area contributed by atoms with Crippen LogP contribution in [0.1, 0.15) is 18.1 Å². The minimum Gasteiger partial charge on any atom is -0.467 e. The summed E-state index contributed by atoms with van der Waals surface area (Å²) in [5.74, 6) is 0.179. The average Bonchev–Trinajstić information content (AvgIpc) is 3.01. The SMILES string of the molecule is COc1on(C)c(=O)c1-c1ccccc1CON=C(C)c1cccc([Si](C)(C)C)c1. The van der Waals surface area contributed by atoms with Gasteiger partial charge in [-0.2, -0.15) is 4.74 Å². The molecule has 0 bridgehead atoms. The quantitative estimate of drug-likeness (QED) is 0.325. The molecular weight excluding hydrogens is 396 g/mol. The first-order valence-corrected chi connectivity index (χ1v) is 13.3. The van der Waals surface area contributed by atoms with Crippen LogP contribution in [0.15, 0.2) is 63.0 Å². The normalized spacial score (nSPS) is 12.1. The van der Waals surface area contributed by atoms with Crippen molar-refractivity contribution >= 4 is 19.0 Å². The van der Waals surface area contributed by atoms with Gasteiger partial charge in [0.1, 0.15) is 12.2 Å². The molecule has 0 radical (unpaired) electrons. The minimum atomic E-state index is -1.40. The van der Waals surface area contributed by atoms with Crippen molar-refractivity contribution in [3.8, 4) is 17.1 Å². The summed E-state index contributed by atoms with van der Waals surface area (Å²) in [6.45, 7) is 9.12. The lowest BCUT2D eigenvalue weighted by molar-refractivity contribution is 0.131. The Labute approximate surface area is 177 Å². The molecule has 1 heterocycles. The van der Waals surface area contributed by atoms with Crippen molar-refractivity contribution in [1.29, 1.82) is 0 Å². The predicted molar refractivity (Wildman–Crippen MR) is 122 cm³/mol. The lowest BCUT2D eigenvalue weighted by atomic mass is 10.0. The first-order chi connectivity index (χ1) is 14.2. The Morgan fingerprint density at radius 1 is 1.13 bits per heavy atom. The maximum Gasteiger partial charge on any atom is 0.320 e. The number of aryl methyl sites for hydroxylation is 1. The standard InChI is InChI=1S/C23H28N2O4Si/c1-16(17-11-9-12-19(14-17)30(4,5)6)24-28-15-18-10-7-8-13-20(18)21-22(26)25(2)29-23(21)27-3/h7-14H,15H2,1-6H3. The maximum absolute atomic E-state index is 12.5. The van der Waals surface area contributed by atoms with Crippen LogP contribution in [0.3, 0.4) is 0 Å². The van der Waals surface area contributed by atoms with Gasteiger partial charge in [0.05, 0.1) is 20.9 Å². The fourth-order valence-electron chi connectivity index (χ4n) is 3.17. The number of hydrogen-bond acceptors (Lipinski definition) is 5. The molecule has 0 unspecified atom stereocenters. The smallest absolute Gasteiger partial charge is 0.320 e. The first-order valence-electron chi connectivity index (χ1n) is 9.82. The van der Waals surface area contributed by atoms with Gasteiger partial charge in [0.15, 0.2) is 0 Å². The Hall–Kier alpha value is -3.06. The van der Waals surface area contributed by atoms with E-state index in [9.17, 15) is 4.79 Å². The molecule has 0 fully saturated rings. The number of rotatable bonds is 7. The maximum atomic E-state index is 12.5. The van der Waals surface area contributed by atoms with Crippen LogP contribution in [0.5, 0.6) is 5.95 Å². The molecule has 1 aromatic heterocycles. The van der Waals surface area contributed by atoms with Gasteiger partial charge in [-0.15, -0.1) is 0 Å². The van der Waals surface area contributed by atoms with Crippen molar-refractivity contribution in [1.82, 2.24) is 4.74 Å². The molecule has 6 nitrogen and oxygen atoms in total. The van der Waals surface area contributed by atoms with Crippen molar-refractivity contribution < 1.29 is 14.1 Å². The molecule has 0 amide bonds. The summed E-state index contributed by atoms with van der Waals surface area (Å²) in [6.07, 6.45) is 0. The monoisotopic (exact) mass is 424 g/mol. The highest BCUT2D eigenvalue weighted by atomic mass is 28.3. The molecule has 3 rings (SSSR count). The Morgan fingerprint density at radius 2 is 1.87 bits per heavy atom. The summed E-state index contributed by atoms with van der Waals surface area (Å²) in [7, 11) is 1.63. The van der Waals surface area contributed by atoms with Gasteiger partial charge in [-0.3, -0.25) is 4.79 Å². The number of hydrogen-bond donors (Lipinski definition) is 0. The molecule has 7 heteroatoms. The van der Waals surface area contributed by atoms with E-state index in [1.165, 1.54) is 12.3 Å². The van der Waals surface area contributed by atoms with Crippen molar-refractivity contribution in [3.63, 3.8) is 0 Å². The third-order valence-electron chi connectivity index (χ3n) is 4.96. The number of benzene rings is 2. The van der Waals surface area contributed by atoms with Crippen molar-refractivity contribution in [2.24, 2.45) is 12.2 Å². The van der Waals surface area contributed by atoms with Gasteiger partial charge in [0.2, 0.25) is 0 Å². The van der Waals surface area contributed by atoms with Crippen LogP contribution in [0.2, 0.25) is 19.6 Å². The van der Waals surface area contributed by atoms with Gasteiger partial charge < -0.3 is 14.1 Å². The number of aromatic nitrogens is 1. The first kappa shape index (κ1) is 21.6. The zero-order valence-corrected chi connectivity index (χ0v) is 19.4. The molecule has 0 atom stereocenters. The van der Waals surface area contributed by atoms with Gasteiger partial charge >= 0.3 is 5.95 Å². The fraction of sp³-hybridized carbons (Fsp3) is 0.304. The van der Waals surface area contributed by atoms with Crippen LogP contribution in [0, 0.1) is 0 Å². The second kappa shape index (κ2) is 8.75. The molecule has 0 aliphatic carbocycles. The fourth-order valence-corrected chi connectivity index (χ4v) is 4.36. The van der Waals surface area contributed by atoms with Crippen LogP contribution in [-0.2, 0) is 18.5 Å². The molecule has 0 saturated carbocycles. The highest BCUT2D eigenvalue weighted by Crippen LogP contribution is 2.30. The van der Waals surface area contributed by atoms with Crippen LogP contribution in [-0.4, -0.2) is 25.6 Å². The Bertz CT molecular complexity index is 1120. The third-order valence-corrected chi connectivity index (χ3v) is 7.01. The van der Waals surface area contributed by atoms with Crippen LogP contribution in [0.25, 0.3) is 11.1 Å². The van der Waals surface area contributed by atoms with Crippen LogP contribution < -0.4 is 15.5 Å². The molecular formula is C23H28N2O4Si. The van der Waals surface area contributed by atoms with Gasteiger partial charge in [-0.25, -0.2) is 0 Å². The van der Waals surface area contributed by atoms with E-state index in [-0.39, 0.29) is 18.1 Å². The molecule has 0 N–H and O–H groups in total. The average molecular weight is 425 g/mol. The van der Waals surface area contributed by atoms with Crippen molar-refractivity contribution in [2.45, 2.75) is 33.2 Å². The van der Waals surface area contributed by atoms with Crippen molar-refractivity contribution in [3.05, 3.63) is 70.0 Å². The molecule has 3 aromatic rings. The molecule has 30 heavy (non-hydrogen) atoms.